The predicted octanol–water partition coefficient (Wildman–Crippen LogP) is 3.18. The van der Waals surface area contributed by atoms with Crippen LogP contribution in [-0.2, 0) is 23.9 Å². The molecule has 0 amide bonds. The molecule has 0 aliphatic rings. The maximum absolute atomic E-state index is 11.9. The van der Waals surface area contributed by atoms with Gasteiger partial charge in [-0.05, 0) is 31.0 Å². The summed E-state index contributed by atoms with van der Waals surface area (Å²) in [5.41, 5.74) is 6.45. The minimum atomic E-state index is -1.32. The number of rotatable bonds is 12. The number of hydrogen-bond acceptors (Lipinski definition) is 8. The van der Waals surface area contributed by atoms with Crippen LogP contribution in [0.1, 0.15) is 71.8 Å². The standard InChI is InChI=1S/C23H33NO8/c1-6-9-20(27)30-14(5)13(4)21(22(24)23(28)29)15-10-11-16(31-18(25)7-2)17(12-15)32-19(26)8-3/h10-14,21-22H,6-9,24H2,1-5H3,(H,28,29)/t13?,14?,21?,22-/m0/s1. The first kappa shape index (κ1) is 27.1. The number of benzene rings is 1. The van der Waals surface area contributed by atoms with Crippen molar-refractivity contribution in [3.8, 4) is 11.5 Å². The van der Waals surface area contributed by atoms with Gasteiger partial charge in [-0.3, -0.25) is 19.2 Å². The van der Waals surface area contributed by atoms with Crippen molar-refractivity contribution in [3.63, 3.8) is 0 Å². The lowest BCUT2D eigenvalue weighted by atomic mass is 9.79. The lowest BCUT2D eigenvalue weighted by Crippen LogP contribution is -2.42. The Morgan fingerprint density at radius 2 is 1.50 bits per heavy atom. The SMILES string of the molecule is CCCC(=O)OC(C)C(C)C(c1ccc(OC(=O)CC)c(OC(=O)CC)c1)[C@H](N)C(=O)O. The van der Waals surface area contributed by atoms with Gasteiger partial charge in [-0.15, -0.1) is 0 Å². The molecule has 4 atom stereocenters. The van der Waals surface area contributed by atoms with Crippen LogP contribution in [0.5, 0.6) is 11.5 Å². The summed E-state index contributed by atoms with van der Waals surface area (Å²) in [5, 5.41) is 9.58. The molecule has 0 aromatic heterocycles. The van der Waals surface area contributed by atoms with Crippen molar-refractivity contribution >= 4 is 23.9 Å². The number of esters is 3. The highest BCUT2D eigenvalue weighted by Crippen LogP contribution is 2.37. The number of carboxylic acids is 1. The van der Waals surface area contributed by atoms with Gasteiger partial charge in [0.2, 0.25) is 0 Å². The number of aliphatic carboxylic acids is 1. The fourth-order valence-electron chi connectivity index (χ4n) is 3.15. The van der Waals surface area contributed by atoms with E-state index in [1.165, 1.54) is 12.1 Å². The maximum atomic E-state index is 11.9. The molecule has 0 saturated carbocycles. The molecule has 1 rings (SSSR count). The van der Waals surface area contributed by atoms with E-state index < -0.39 is 41.9 Å². The van der Waals surface area contributed by atoms with Gasteiger partial charge in [0.25, 0.3) is 0 Å². The van der Waals surface area contributed by atoms with Crippen molar-refractivity contribution in [1.82, 2.24) is 0 Å². The van der Waals surface area contributed by atoms with E-state index in [2.05, 4.69) is 0 Å². The summed E-state index contributed by atoms with van der Waals surface area (Å²) in [4.78, 5) is 47.3. The Morgan fingerprint density at radius 3 is 2.00 bits per heavy atom. The summed E-state index contributed by atoms with van der Waals surface area (Å²) >= 11 is 0. The van der Waals surface area contributed by atoms with Crippen molar-refractivity contribution in [2.75, 3.05) is 0 Å². The van der Waals surface area contributed by atoms with Gasteiger partial charge in [-0.1, -0.05) is 33.8 Å². The topological polar surface area (TPSA) is 142 Å². The highest BCUT2D eigenvalue weighted by molar-refractivity contribution is 5.77. The minimum Gasteiger partial charge on any atom is -0.480 e. The van der Waals surface area contributed by atoms with Crippen molar-refractivity contribution in [2.24, 2.45) is 11.7 Å². The number of hydrogen-bond donors (Lipinski definition) is 2. The molecule has 1 aromatic rings. The number of carboxylic acid groups (broad SMARTS) is 1. The maximum Gasteiger partial charge on any atom is 0.321 e. The second-order valence-electron chi connectivity index (χ2n) is 7.56. The van der Waals surface area contributed by atoms with Gasteiger partial charge in [0, 0.05) is 31.1 Å². The van der Waals surface area contributed by atoms with Crippen LogP contribution in [0.2, 0.25) is 0 Å². The molecule has 0 spiro atoms. The Morgan fingerprint density at radius 1 is 0.938 bits per heavy atom. The summed E-state index contributed by atoms with van der Waals surface area (Å²) < 4.78 is 16.0. The van der Waals surface area contributed by atoms with E-state index >= 15 is 0 Å². The van der Waals surface area contributed by atoms with Gasteiger partial charge < -0.3 is 25.1 Å². The third kappa shape index (κ3) is 7.64. The zero-order valence-corrected chi connectivity index (χ0v) is 19.3. The van der Waals surface area contributed by atoms with Crippen LogP contribution in [0.15, 0.2) is 18.2 Å². The largest absolute Gasteiger partial charge is 0.480 e. The molecule has 9 heteroatoms. The third-order valence-corrected chi connectivity index (χ3v) is 5.13. The van der Waals surface area contributed by atoms with E-state index in [-0.39, 0.29) is 36.7 Å². The van der Waals surface area contributed by atoms with Gasteiger partial charge in [0.1, 0.15) is 12.1 Å². The quantitative estimate of drug-likeness (QED) is 0.362. The van der Waals surface area contributed by atoms with E-state index in [0.717, 1.165) is 0 Å². The molecule has 32 heavy (non-hydrogen) atoms. The zero-order chi connectivity index (χ0) is 24.4. The molecule has 178 valence electrons. The summed E-state index contributed by atoms with van der Waals surface area (Å²) in [6.45, 7) is 8.50. The monoisotopic (exact) mass is 451 g/mol. The number of carbonyl (C=O) groups is 4. The van der Waals surface area contributed by atoms with Gasteiger partial charge in [-0.2, -0.15) is 0 Å². The number of nitrogens with two attached hydrogens (primary N) is 1. The molecule has 3 N–H and O–H groups in total. The molecule has 0 saturated heterocycles. The first-order valence-electron chi connectivity index (χ1n) is 10.8. The summed E-state index contributed by atoms with van der Waals surface area (Å²) in [7, 11) is 0. The summed E-state index contributed by atoms with van der Waals surface area (Å²) in [6, 6.07) is 3.11. The van der Waals surface area contributed by atoms with Gasteiger partial charge in [0.05, 0.1) is 0 Å². The fraction of sp³-hybridized carbons (Fsp3) is 0.565. The molecule has 0 heterocycles. The molecule has 1 aromatic carbocycles. The van der Waals surface area contributed by atoms with Gasteiger partial charge in [-0.25, -0.2) is 0 Å². The molecule has 0 aliphatic carbocycles. The van der Waals surface area contributed by atoms with Gasteiger partial charge in [0.15, 0.2) is 11.5 Å². The van der Waals surface area contributed by atoms with Crippen molar-refractivity contribution < 1.29 is 38.5 Å². The Balaban J connectivity index is 3.40. The third-order valence-electron chi connectivity index (χ3n) is 5.13. The highest BCUT2D eigenvalue weighted by atomic mass is 16.6. The van der Waals surface area contributed by atoms with E-state index in [4.69, 9.17) is 19.9 Å². The lowest BCUT2D eigenvalue weighted by Gasteiger charge is -2.32. The van der Waals surface area contributed by atoms with Crippen LogP contribution in [0.3, 0.4) is 0 Å². The van der Waals surface area contributed by atoms with E-state index in [0.29, 0.717) is 12.0 Å². The second kappa shape index (κ2) is 12.8. The van der Waals surface area contributed by atoms with Crippen LogP contribution < -0.4 is 15.2 Å². The number of ether oxygens (including phenoxy) is 3. The average Bonchev–Trinajstić information content (AvgIpc) is 2.74. The average molecular weight is 452 g/mol. The minimum absolute atomic E-state index is 0.0124. The molecule has 0 aliphatic heterocycles. The Labute approximate surface area is 188 Å². The molecular weight excluding hydrogens is 418 g/mol. The van der Waals surface area contributed by atoms with Crippen LogP contribution in [0.25, 0.3) is 0 Å². The fourth-order valence-corrected chi connectivity index (χ4v) is 3.15. The first-order chi connectivity index (χ1) is 15.0. The summed E-state index contributed by atoms with van der Waals surface area (Å²) in [5.74, 6) is -3.93. The Kier molecular flexibility index (Phi) is 10.8. The van der Waals surface area contributed by atoms with E-state index in [9.17, 15) is 24.3 Å². The molecule has 0 radical (unpaired) electrons. The number of carbonyl (C=O) groups excluding carboxylic acids is 3. The van der Waals surface area contributed by atoms with Crippen LogP contribution in [-0.4, -0.2) is 41.1 Å². The summed E-state index contributed by atoms with van der Waals surface area (Å²) in [6.07, 6.45) is 0.463. The zero-order valence-electron chi connectivity index (χ0n) is 19.3. The molecule has 0 fully saturated rings. The smallest absolute Gasteiger partial charge is 0.321 e. The van der Waals surface area contributed by atoms with E-state index in [1.54, 1.807) is 33.8 Å². The normalized spacial score (nSPS) is 14.6. The molecule has 9 nitrogen and oxygen atoms in total. The van der Waals surface area contributed by atoms with Crippen LogP contribution >= 0.6 is 0 Å². The molecule has 3 unspecified atom stereocenters. The molecular formula is C23H33NO8. The Bertz CT molecular complexity index is 822. The van der Waals surface area contributed by atoms with E-state index in [1.807, 2.05) is 6.92 Å². The van der Waals surface area contributed by atoms with Crippen LogP contribution in [0, 0.1) is 5.92 Å². The van der Waals surface area contributed by atoms with Gasteiger partial charge >= 0.3 is 23.9 Å². The Hall–Kier alpha value is -2.94. The van der Waals surface area contributed by atoms with Crippen LogP contribution in [0.4, 0.5) is 0 Å². The second-order valence-corrected chi connectivity index (χ2v) is 7.56. The van der Waals surface area contributed by atoms with Crippen molar-refractivity contribution in [1.29, 1.82) is 0 Å². The predicted molar refractivity (Wildman–Crippen MR) is 116 cm³/mol. The first-order valence-corrected chi connectivity index (χ1v) is 10.8. The molecule has 0 bridgehead atoms. The highest BCUT2D eigenvalue weighted by Gasteiger charge is 2.35. The van der Waals surface area contributed by atoms with Crippen molar-refractivity contribution in [2.45, 2.75) is 78.4 Å². The lowest BCUT2D eigenvalue weighted by molar-refractivity contribution is -0.151. The van der Waals surface area contributed by atoms with Crippen molar-refractivity contribution in [3.05, 3.63) is 23.8 Å².